The molecule has 2 heterocycles. The maximum Gasteiger partial charge on any atom is 0.334 e. The van der Waals surface area contributed by atoms with Crippen molar-refractivity contribution in [1.29, 1.82) is 0 Å². The molecule has 1 aromatic carbocycles. The summed E-state index contributed by atoms with van der Waals surface area (Å²) in [5.41, 5.74) is -0.255. The average Bonchev–Trinajstić information content (AvgIpc) is 3.08. The Hall–Kier alpha value is -2.48. The lowest BCUT2D eigenvalue weighted by molar-refractivity contribution is -0.334. The molecule has 2 saturated carbocycles. The van der Waals surface area contributed by atoms with E-state index in [1.165, 1.54) is 0 Å². The summed E-state index contributed by atoms with van der Waals surface area (Å²) in [5.74, 6) is -2.13. The molecule has 2 saturated heterocycles. The van der Waals surface area contributed by atoms with Crippen molar-refractivity contribution in [3.8, 4) is 0 Å². The van der Waals surface area contributed by atoms with Crippen molar-refractivity contribution < 1.29 is 34.0 Å². The van der Waals surface area contributed by atoms with Gasteiger partial charge in [0.2, 0.25) is 0 Å². The van der Waals surface area contributed by atoms with Gasteiger partial charge in [-0.05, 0) is 31.7 Å². The molecular formula is C25H28O7. The Balaban J connectivity index is 1.68. The number of hydrogen-bond acceptors (Lipinski definition) is 7. The van der Waals surface area contributed by atoms with Gasteiger partial charge in [0.15, 0.2) is 6.29 Å². The van der Waals surface area contributed by atoms with E-state index in [2.05, 4.69) is 13.2 Å². The monoisotopic (exact) mass is 440 g/mol. The fourth-order valence-corrected chi connectivity index (χ4v) is 6.71. The number of ether oxygens (including phenoxy) is 3. The van der Waals surface area contributed by atoms with E-state index in [0.717, 1.165) is 5.56 Å². The number of benzene rings is 1. The lowest BCUT2D eigenvalue weighted by Crippen LogP contribution is -2.73. The van der Waals surface area contributed by atoms with Crippen molar-refractivity contribution >= 4 is 11.9 Å². The maximum atomic E-state index is 12.7. The predicted octanol–water partition coefficient (Wildman–Crippen LogP) is 2.02. The lowest BCUT2D eigenvalue weighted by Gasteiger charge is -2.66. The Morgan fingerprint density at radius 1 is 1.25 bits per heavy atom. The van der Waals surface area contributed by atoms with Crippen LogP contribution in [0.4, 0.5) is 0 Å². The average molecular weight is 440 g/mol. The van der Waals surface area contributed by atoms with E-state index in [0.29, 0.717) is 12.8 Å². The predicted molar refractivity (Wildman–Crippen MR) is 113 cm³/mol. The molecule has 2 aliphatic carbocycles. The zero-order valence-corrected chi connectivity index (χ0v) is 18.0. The fourth-order valence-electron chi connectivity index (χ4n) is 6.71. The molecule has 0 aromatic heterocycles. The molecule has 5 rings (SSSR count). The Morgan fingerprint density at radius 2 is 1.97 bits per heavy atom. The second-order valence-corrected chi connectivity index (χ2v) is 9.68. The molecule has 2 N–H and O–H groups in total. The quantitative estimate of drug-likeness (QED) is 0.548. The molecule has 7 nitrogen and oxygen atoms in total. The summed E-state index contributed by atoms with van der Waals surface area (Å²) >= 11 is 0. The molecular weight excluding hydrogens is 412 g/mol. The highest BCUT2D eigenvalue weighted by molar-refractivity contribution is 5.91. The SMILES string of the molecule is C=C(C)C(=O)O[C@H]1C[C@@]23[C@H](O)CC[C@@](c4ccccc4)(CO[C@H]2O)[C@@H]3[C@H]2OC(=O)C(=C)[C@@H]21. The Labute approximate surface area is 186 Å². The smallest absolute Gasteiger partial charge is 0.334 e. The topological polar surface area (TPSA) is 102 Å². The van der Waals surface area contributed by atoms with E-state index in [9.17, 15) is 19.8 Å². The van der Waals surface area contributed by atoms with Crippen LogP contribution in [-0.4, -0.2) is 53.4 Å². The third kappa shape index (κ3) is 2.71. The van der Waals surface area contributed by atoms with Crippen LogP contribution in [0.25, 0.3) is 0 Å². The van der Waals surface area contributed by atoms with Gasteiger partial charge < -0.3 is 24.4 Å². The first-order valence-electron chi connectivity index (χ1n) is 11.0. The second-order valence-electron chi connectivity index (χ2n) is 9.68. The van der Waals surface area contributed by atoms with E-state index in [1.807, 2.05) is 30.3 Å². The van der Waals surface area contributed by atoms with Gasteiger partial charge in [-0.25, -0.2) is 9.59 Å². The van der Waals surface area contributed by atoms with Crippen LogP contribution in [0.5, 0.6) is 0 Å². The van der Waals surface area contributed by atoms with Crippen LogP contribution in [0.15, 0.2) is 54.6 Å². The standard InChI is InChI=1S/C25H28O7/c1-13(2)21(27)31-16-11-25-17(26)9-10-24(12-30-23(25)29,15-7-5-4-6-8-15)20(25)19-18(16)14(3)22(28)32-19/h4-8,16-20,23,26,29H,1,3,9-12H2,2H3/t16-,17+,18+,19-,20-,23+,24-,25-/m0/s1. The number of esters is 2. The molecule has 8 atom stereocenters. The first kappa shape index (κ1) is 21.4. The first-order valence-corrected chi connectivity index (χ1v) is 11.0. The van der Waals surface area contributed by atoms with Crippen LogP contribution < -0.4 is 0 Å². The van der Waals surface area contributed by atoms with Crippen molar-refractivity contribution in [2.75, 3.05) is 6.61 Å². The summed E-state index contributed by atoms with van der Waals surface area (Å²) in [6, 6.07) is 9.84. The summed E-state index contributed by atoms with van der Waals surface area (Å²) in [6.45, 7) is 9.37. The molecule has 0 amide bonds. The molecule has 2 bridgehead atoms. The zero-order chi connectivity index (χ0) is 22.8. The van der Waals surface area contributed by atoms with Crippen molar-refractivity contribution in [2.45, 2.75) is 56.2 Å². The molecule has 4 aliphatic rings. The third-order valence-electron chi connectivity index (χ3n) is 8.12. The van der Waals surface area contributed by atoms with Gasteiger partial charge in [0.05, 0.1) is 24.0 Å². The fraction of sp³-hybridized carbons (Fsp3) is 0.520. The number of hydrogen-bond donors (Lipinski definition) is 2. The van der Waals surface area contributed by atoms with Crippen molar-refractivity contribution in [2.24, 2.45) is 17.3 Å². The van der Waals surface area contributed by atoms with Crippen LogP contribution in [0.2, 0.25) is 0 Å². The van der Waals surface area contributed by atoms with Crippen molar-refractivity contribution in [1.82, 2.24) is 0 Å². The minimum Gasteiger partial charge on any atom is -0.458 e. The van der Waals surface area contributed by atoms with Crippen LogP contribution in [0.3, 0.4) is 0 Å². The van der Waals surface area contributed by atoms with Crippen LogP contribution in [0, 0.1) is 17.3 Å². The lowest BCUT2D eigenvalue weighted by atomic mass is 9.43. The molecule has 170 valence electrons. The summed E-state index contributed by atoms with van der Waals surface area (Å²) in [7, 11) is 0. The van der Waals surface area contributed by atoms with E-state index in [1.54, 1.807) is 6.92 Å². The normalized spacial score (nSPS) is 42.5. The molecule has 4 fully saturated rings. The van der Waals surface area contributed by atoms with Gasteiger partial charge in [-0.3, -0.25) is 0 Å². The third-order valence-corrected chi connectivity index (χ3v) is 8.12. The van der Waals surface area contributed by atoms with Gasteiger partial charge in [-0.1, -0.05) is 43.5 Å². The Morgan fingerprint density at radius 3 is 2.66 bits per heavy atom. The summed E-state index contributed by atoms with van der Waals surface area (Å²) < 4.78 is 17.5. The maximum absolute atomic E-state index is 12.7. The number of carbonyl (C=O) groups excluding carboxylic acids is 2. The van der Waals surface area contributed by atoms with E-state index in [4.69, 9.17) is 14.2 Å². The van der Waals surface area contributed by atoms with Crippen molar-refractivity contribution in [3.63, 3.8) is 0 Å². The zero-order valence-electron chi connectivity index (χ0n) is 18.0. The van der Waals surface area contributed by atoms with Crippen LogP contribution in [0.1, 0.15) is 31.7 Å². The number of carbonyl (C=O) groups is 2. The summed E-state index contributed by atoms with van der Waals surface area (Å²) in [4.78, 5) is 25.1. The van der Waals surface area contributed by atoms with Gasteiger partial charge in [0.25, 0.3) is 0 Å². The van der Waals surface area contributed by atoms with Crippen LogP contribution >= 0.6 is 0 Å². The highest BCUT2D eigenvalue weighted by Gasteiger charge is 2.74. The summed E-state index contributed by atoms with van der Waals surface area (Å²) in [6.07, 6.45) is -2.54. The van der Waals surface area contributed by atoms with Gasteiger partial charge in [-0.15, -0.1) is 0 Å². The Kier molecular flexibility index (Phi) is 4.85. The highest BCUT2D eigenvalue weighted by atomic mass is 16.6. The molecule has 32 heavy (non-hydrogen) atoms. The van der Waals surface area contributed by atoms with Gasteiger partial charge in [0, 0.05) is 22.5 Å². The van der Waals surface area contributed by atoms with Crippen molar-refractivity contribution in [3.05, 3.63) is 60.2 Å². The number of fused-ring (bicyclic) bond motifs is 1. The molecule has 1 aromatic rings. The minimum atomic E-state index is -1.29. The van der Waals surface area contributed by atoms with Gasteiger partial charge >= 0.3 is 11.9 Å². The second kappa shape index (κ2) is 7.27. The first-order chi connectivity index (χ1) is 15.2. The van der Waals surface area contributed by atoms with E-state index in [-0.39, 0.29) is 24.2 Å². The largest absolute Gasteiger partial charge is 0.458 e. The minimum absolute atomic E-state index is 0.129. The molecule has 0 radical (unpaired) electrons. The molecule has 0 unspecified atom stereocenters. The molecule has 7 heteroatoms. The highest BCUT2D eigenvalue weighted by Crippen LogP contribution is 2.66. The van der Waals surface area contributed by atoms with Gasteiger partial charge in [0.1, 0.15) is 12.2 Å². The van der Waals surface area contributed by atoms with E-state index >= 15 is 0 Å². The van der Waals surface area contributed by atoms with E-state index < -0.39 is 59.2 Å². The summed E-state index contributed by atoms with van der Waals surface area (Å²) in [5, 5.41) is 22.4. The molecule has 0 spiro atoms. The van der Waals surface area contributed by atoms with Crippen LogP contribution in [-0.2, 0) is 29.2 Å². The molecule has 2 aliphatic heterocycles. The number of rotatable bonds is 3. The Bertz CT molecular complexity index is 969. The number of aliphatic hydroxyl groups excluding tert-OH is 2. The van der Waals surface area contributed by atoms with Gasteiger partial charge in [-0.2, -0.15) is 0 Å². The number of aliphatic hydroxyl groups is 2.